The Morgan fingerprint density at radius 2 is 2.25 bits per heavy atom. The van der Waals surface area contributed by atoms with Crippen molar-refractivity contribution >= 4 is 23.1 Å². The van der Waals surface area contributed by atoms with Gasteiger partial charge in [0.25, 0.3) is 0 Å². The van der Waals surface area contributed by atoms with Crippen LogP contribution in [0.5, 0.6) is 0 Å². The average molecular weight is 130 g/mol. The van der Waals surface area contributed by atoms with Crippen molar-refractivity contribution in [1.29, 1.82) is 0 Å². The van der Waals surface area contributed by atoms with Crippen LogP contribution in [-0.4, -0.2) is 41.1 Å². The number of hydrogen-bond acceptors (Lipinski definition) is 2. The van der Waals surface area contributed by atoms with E-state index in [1.54, 1.807) is 6.92 Å². The molecule has 0 radical (unpaired) electrons. The van der Waals surface area contributed by atoms with Gasteiger partial charge in [0, 0.05) is 6.61 Å². The topological polar surface area (TPSA) is 29.5 Å². The molecule has 0 aliphatic carbocycles. The van der Waals surface area contributed by atoms with E-state index in [0.29, 0.717) is 6.61 Å². The maximum absolute atomic E-state index is 8.46. The van der Waals surface area contributed by atoms with Crippen molar-refractivity contribution in [3.63, 3.8) is 0 Å². The van der Waals surface area contributed by atoms with Crippen molar-refractivity contribution in [2.75, 3.05) is 6.61 Å². The second-order valence-corrected chi connectivity index (χ2v) is 1.47. The third-order valence-corrected chi connectivity index (χ3v) is 0.563. The van der Waals surface area contributed by atoms with Crippen LogP contribution in [0.2, 0.25) is 0 Å². The minimum absolute atomic E-state index is 0. The molecule has 0 bridgehead atoms. The van der Waals surface area contributed by atoms with Gasteiger partial charge < -0.3 is 12.7 Å². The summed E-state index contributed by atoms with van der Waals surface area (Å²) in [6.45, 7) is 4.26. The molecule has 1 N–H and O–H groups in total. The summed E-state index contributed by atoms with van der Waals surface area (Å²) in [5, 5.41) is 8.46. The molecule has 0 heterocycles. The van der Waals surface area contributed by atoms with Crippen LogP contribution in [0.3, 0.4) is 0 Å². The fourth-order valence-corrected chi connectivity index (χ4v) is 0.288. The molecule has 0 saturated heterocycles. The standard InChI is InChI=1S/C5H12O2.Mg.2H/c1-3-4-7-5(2)6;;;/h5-6H,3-4H2,1-2H3;;;/q;+2;2*-1. The first kappa shape index (κ1) is 11.5. The Labute approximate surface area is 69.3 Å². The first-order valence-corrected chi connectivity index (χ1v) is 2.57. The number of ether oxygens (including phenoxy) is 1. The summed E-state index contributed by atoms with van der Waals surface area (Å²) < 4.78 is 4.75. The van der Waals surface area contributed by atoms with Gasteiger partial charge in [0.2, 0.25) is 0 Å². The fourth-order valence-electron chi connectivity index (χ4n) is 0.288. The molecule has 48 valence electrons. The summed E-state index contributed by atoms with van der Waals surface area (Å²) in [7, 11) is 0. The molecule has 1 unspecified atom stereocenters. The Morgan fingerprint density at radius 1 is 1.75 bits per heavy atom. The van der Waals surface area contributed by atoms with Crippen molar-refractivity contribution in [3.8, 4) is 0 Å². The van der Waals surface area contributed by atoms with Crippen LogP contribution in [0.25, 0.3) is 0 Å². The largest absolute Gasteiger partial charge is 2.00 e. The van der Waals surface area contributed by atoms with Crippen LogP contribution in [0.1, 0.15) is 23.1 Å². The van der Waals surface area contributed by atoms with Crippen molar-refractivity contribution in [2.45, 2.75) is 26.6 Å². The molecule has 0 spiro atoms. The Bertz CT molecular complexity index is 46.6. The van der Waals surface area contributed by atoms with Crippen LogP contribution < -0.4 is 0 Å². The molecule has 1 atom stereocenters. The normalized spacial score (nSPS) is 12.4. The molecular weight excluding hydrogens is 116 g/mol. The predicted octanol–water partition coefficient (Wildman–Crippen LogP) is 0.595. The van der Waals surface area contributed by atoms with E-state index in [2.05, 4.69) is 0 Å². The Hall–Kier alpha value is 0.686. The average Bonchev–Trinajstić information content (AvgIpc) is 1.61. The van der Waals surface area contributed by atoms with Gasteiger partial charge >= 0.3 is 23.1 Å². The third-order valence-electron chi connectivity index (χ3n) is 0.563. The number of rotatable bonds is 3. The van der Waals surface area contributed by atoms with Crippen LogP contribution in [0.15, 0.2) is 0 Å². The molecule has 0 aliphatic heterocycles. The number of hydrogen-bond donors (Lipinski definition) is 1. The Kier molecular flexibility index (Phi) is 11.0. The van der Waals surface area contributed by atoms with Gasteiger partial charge in [-0.25, -0.2) is 0 Å². The fraction of sp³-hybridized carbons (Fsp3) is 1.00. The maximum atomic E-state index is 8.46. The summed E-state index contributed by atoms with van der Waals surface area (Å²) in [6, 6.07) is 0. The van der Waals surface area contributed by atoms with E-state index in [4.69, 9.17) is 9.84 Å². The Balaban J connectivity index is -0.0000000600. The summed E-state index contributed by atoms with van der Waals surface area (Å²) >= 11 is 0. The molecule has 0 aromatic rings. The van der Waals surface area contributed by atoms with E-state index in [1.807, 2.05) is 6.92 Å². The molecule has 0 rings (SSSR count). The molecule has 3 heteroatoms. The van der Waals surface area contributed by atoms with Gasteiger partial charge in [0.05, 0.1) is 0 Å². The number of aliphatic hydroxyl groups excluding tert-OH is 1. The van der Waals surface area contributed by atoms with E-state index in [9.17, 15) is 0 Å². The molecule has 2 nitrogen and oxygen atoms in total. The minimum atomic E-state index is -0.597. The van der Waals surface area contributed by atoms with Crippen LogP contribution in [0.4, 0.5) is 0 Å². The van der Waals surface area contributed by atoms with Gasteiger partial charge in [0.15, 0.2) is 6.29 Å². The molecule has 0 saturated carbocycles. The zero-order valence-corrected chi connectivity index (χ0v) is 6.97. The van der Waals surface area contributed by atoms with E-state index in [-0.39, 0.29) is 25.9 Å². The van der Waals surface area contributed by atoms with Crippen LogP contribution in [0, 0.1) is 0 Å². The van der Waals surface area contributed by atoms with Crippen LogP contribution >= 0.6 is 0 Å². The van der Waals surface area contributed by atoms with Crippen molar-refractivity contribution < 1.29 is 12.7 Å². The second kappa shape index (κ2) is 7.69. The van der Waals surface area contributed by atoms with E-state index < -0.39 is 6.29 Å². The van der Waals surface area contributed by atoms with Gasteiger partial charge in [-0.1, -0.05) is 6.92 Å². The summed E-state index contributed by atoms with van der Waals surface area (Å²) in [6.07, 6.45) is 0.366. The number of aliphatic hydroxyl groups is 1. The molecule has 0 fully saturated rings. The first-order chi connectivity index (χ1) is 3.27. The zero-order chi connectivity index (χ0) is 5.70. The van der Waals surface area contributed by atoms with Gasteiger partial charge in [-0.05, 0) is 13.3 Å². The van der Waals surface area contributed by atoms with E-state index in [0.717, 1.165) is 6.42 Å². The second-order valence-electron chi connectivity index (χ2n) is 1.47. The molecule has 0 aliphatic rings. The third kappa shape index (κ3) is 9.84. The van der Waals surface area contributed by atoms with Gasteiger partial charge in [-0.3, -0.25) is 0 Å². The zero-order valence-electron chi connectivity index (χ0n) is 7.55. The first-order valence-electron chi connectivity index (χ1n) is 2.57. The van der Waals surface area contributed by atoms with Crippen LogP contribution in [-0.2, 0) is 4.74 Å². The summed E-state index contributed by atoms with van der Waals surface area (Å²) in [5.41, 5.74) is 0. The smallest absolute Gasteiger partial charge is 1.00 e. The van der Waals surface area contributed by atoms with E-state index in [1.165, 1.54) is 0 Å². The molecule has 8 heavy (non-hydrogen) atoms. The maximum Gasteiger partial charge on any atom is 2.00 e. The van der Waals surface area contributed by atoms with Gasteiger partial charge in [-0.2, -0.15) is 0 Å². The summed E-state index contributed by atoms with van der Waals surface area (Å²) in [4.78, 5) is 0. The van der Waals surface area contributed by atoms with Crippen molar-refractivity contribution in [2.24, 2.45) is 0 Å². The van der Waals surface area contributed by atoms with Gasteiger partial charge in [-0.15, -0.1) is 0 Å². The quantitative estimate of drug-likeness (QED) is 0.448. The SMILES string of the molecule is CCCOC(C)O.[H-].[H-].[Mg+2]. The molecular formula is C5H14MgO2. The molecule has 0 aromatic carbocycles. The predicted molar refractivity (Wildman–Crippen MR) is 35.9 cm³/mol. The summed E-state index contributed by atoms with van der Waals surface area (Å²) in [5.74, 6) is 0. The molecule has 0 amide bonds. The van der Waals surface area contributed by atoms with E-state index >= 15 is 0 Å². The minimum Gasteiger partial charge on any atom is -1.00 e. The monoisotopic (exact) mass is 130 g/mol. The van der Waals surface area contributed by atoms with Crippen molar-refractivity contribution in [3.05, 3.63) is 0 Å². The van der Waals surface area contributed by atoms with Crippen molar-refractivity contribution in [1.82, 2.24) is 0 Å². The van der Waals surface area contributed by atoms with Gasteiger partial charge in [0.1, 0.15) is 0 Å². The molecule has 0 aromatic heterocycles. The Morgan fingerprint density at radius 3 is 2.38 bits per heavy atom.